The van der Waals surface area contributed by atoms with Crippen LogP contribution in [0.3, 0.4) is 0 Å². The van der Waals surface area contributed by atoms with Crippen molar-refractivity contribution in [3.05, 3.63) is 95.1 Å². The summed E-state index contributed by atoms with van der Waals surface area (Å²) in [5, 5.41) is 0. The van der Waals surface area contributed by atoms with Crippen LogP contribution in [-0.4, -0.2) is 19.9 Å². The fourth-order valence-electron chi connectivity index (χ4n) is 6.59. The second kappa shape index (κ2) is 10.8. The van der Waals surface area contributed by atoms with Crippen molar-refractivity contribution in [1.82, 2.24) is 19.9 Å². The van der Waals surface area contributed by atoms with Gasteiger partial charge in [-0.1, -0.05) is 75.2 Å². The quantitative estimate of drug-likeness (QED) is 0.216. The first-order valence-electron chi connectivity index (χ1n) is 15.5. The van der Waals surface area contributed by atoms with Crippen LogP contribution < -0.4 is 0 Å². The molecule has 0 spiro atoms. The van der Waals surface area contributed by atoms with E-state index < -0.39 is 0 Å². The maximum atomic E-state index is 5.26. The van der Waals surface area contributed by atoms with Crippen molar-refractivity contribution in [3.63, 3.8) is 0 Å². The van der Waals surface area contributed by atoms with Crippen LogP contribution in [0.2, 0.25) is 0 Å². The van der Waals surface area contributed by atoms with E-state index >= 15 is 0 Å². The third kappa shape index (κ3) is 4.46. The average molecular weight is 551 g/mol. The number of aromatic nitrogens is 4. The van der Waals surface area contributed by atoms with E-state index in [1.165, 1.54) is 44.5 Å². The minimum Gasteiger partial charge on any atom is -0.355 e. The maximum absolute atomic E-state index is 5.26. The number of benzene rings is 2. The second-order valence-corrected chi connectivity index (χ2v) is 11.8. The minimum absolute atomic E-state index is 1.00. The van der Waals surface area contributed by atoms with E-state index in [1.807, 2.05) is 0 Å². The molecule has 8 bridgehead atoms. The van der Waals surface area contributed by atoms with Crippen molar-refractivity contribution in [3.8, 4) is 45.0 Å². The molecule has 0 radical (unpaired) electrons. The second-order valence-electron chi connectivity index (χ2n) is 11.8. The summed E-state index contributed by atoms with van der Waals surface area (Å²) in [5.41, 5.74) is 18.6. The summed E-state index contributed by atoms with van der Waals surface area (Å²) in [7, 11) is 0. The molecule has 0 saturated heterocycles. The van der Waals surface area contributed by atoms with E-state index in [0.29, 0.717) is 0 Å². The maximum Gasteiger partial charge on any atom is 0.0737 e. The third-order valence-electron chi connectivity index (χ3n) is 9.03. The van der Waals surface area contributed by atoms with E-state index in [0.717, 1.165) is 83.4 Å². The number of H-pyrrole nitrogens is 2. The van der Waals surface area contributed by atoms with Crippen molar-refractivity contribution in [2.75, 3.05) is 0 Å². The Hall–Kier alpha value is -4.44. The molecule has 4 nitrogen and oxygen atoms in total. The van der Waals surface area contributed by atoms with Gasteiger partial charge in [-0.15, -0.1) is 0 Å². The van der Waals surface area contributed by atoms with Gasteiger partial charge in [-0.2, -0.15) is 0 Å². The van der Waals surface area contributed by atoms with E-state index in [4.69, 9.17) is 9.97 Å². The number of unbranched alkanes of at least 4 members (excludes halogenated alkanes) is 2. The average Bonchev–Trinajstić information content (AvgIpc) is 3.70. The highest BCUT2D eigenvalue weighted by molar-refractivity contribution is 5.91. The van der Waals surface area contributed by atoms with Gasteiger partial charge in [-0.05, 0) is 86.1 Å². The van der Waals surface area contributed by atoms with Crippen LogP contribution in [0.1, 0.15) is 61.8 Å². The van der Waals surface area contributed by atoms with Crippen LogP contribution in [0.25, 0.3) is 67.1 Å². The summed E-state index contributed by atoms with van der Waals surface area (Å²) < 4.78 is 0. The van der Waals surface area contributed by atoms with Crippen molar-refractivity contribution in [2.24, 2.45) is 0 Å². The molecular formula is C38H38N4. The Balaban J connectivity index is 1.63. The van der Waals surface area contributed by atoms with Gasteiger partial charge in [0.2, 0.25) is 0 Å². The van der Waals surface area contributed by atoms with Crippen LogP contribution in [0.15, 0.2) is 72.8 Å². The molecule has 210 valence electrons. The number of hydrogen-bond acceptors (Lipinski definition) is 2. The van der Waals surface area contributed by atoms with Gasteiger partial charge in [0.25, 0.3) is 0 Å². The molecule has 7 rings (SSSR count). The smallest absolute Gasteiger partial charge is 0.0737 e. The van der Waals surface area contributed by atoms with E-state index in [9.17, 15) is 0 Å². The van der Waals surface area contributed by atoms with Gasteiger partial charge in [-0.3, -0.25) is 0 Å². The normalized spacial score (nSPS) is 11.9. The summed E-state index contributed by atoms with van der Waals surface area (Å²) in [6.07, 6.45) is 6.69. The molecule has 0 atom stereocenters. The molecule has 42 heavy (non-hydrogen) atoms. The molecule has 2 N–H and O–H groups in total. The minimum atomic E-state index is 1.00. The molecule has 5 heterocycles. The van der Waals surface area contributed by atoms with Crippen molar-refractivity contribution >= 4 is 22.1 Å². The summed E-state index contributed by atoms with van der Waals surface area (Å²) in [5.74, 6) is 0. The molecule has 0 saturated carbocycles. The van der Waals surface area contributed by atoms with Gasteiger partial charge in [0.05, 0.1) is 22.8 Å². The van der Waals surface area contributed by atoms with Crippen molar-refractivity contribution < 1.29 is 0 Å². The zero-order valence-corrected chi connectivity index (χ0v) is 25.1. The molecule has 3 aromatic heterocycles. The lowest BCUT2D eigenvalue weighted by atomic mass is 10.0. The lowest BCUT2D eigenvalue weighted by Gasteiger charge is -2.01. The van der Waals surface area contributed by atoms with E-state index in [-0.39, 0.29) is 0 Å². The van der Waals surface area contributed by atoms with Crippen LogP contribution >= 0.6 is 0 Å². The Labute approximate surface area is 247 Å². The lowest BCUT2D eigenvalue weighted by Crippen LogP contribution is -1.86. The number of nitrogens with one attached hydrogen (secondary N) is 2. The summed E-state index contributed by atoms with van der Waals surface area (Å²) >= 11 is 0. The zero-order valence-electron chi connectivity index (χ0n) is 25.1. The Morgan fingerprint density at radius 3 is 1.17 bits per heavy atom. The highest BCUT2D eigenvalue weighted by Crippen LogP contribution is 2.39. The SMILES string of the molecule is CCCCc1c(C)c2cc3nc(cc4[nH]c(cc5nc(cc1[nH]2)-c1ccccc1-5)c(CCCC)c4C)-c1ccccc1-3. The van der Waals surface area contributed by atoms with Gasteiger partial charge in [0.1, 0.15) is 0 Å². The number of nitrogens with zero attached hydrogens (tertiary/aromatic N) is 2. The Kier molecular flexibility index (Phi) is 6.78. The molecule has 5 aromatic rings. The molecule has 2 aliphatic heterocycles. The number of aromatic amines is 2. The molecule has 0 fully saturated rings. The first-order valence-corrected chi connectivity index (χ1v) is 15.5. The summed E-state index contributed by atoms with van der Waals surface area (Å²) in [6.45, 7) is 9.01. The number of hydrogen-bond donors (Lipinski definition) is 2. The summed E-state index contributed by atoms with van der Waals surface area (Å²) in [6, 6.07) is 26.3. The molecule has 0 amide bonds. The first kappa shape index (κ1) is 26.5. The fourth-order valence-corrected chi connectivity index (χ4v) is 6.59. The molecule has 2 aromatic carbocycles. The standard InChI is InChI=1S/C38H38N4/c1-5-7-13-25-23(3)31-19-35-27-15-9-10-16-28(27)36(41-35)20-32-24(4)26(14-8-6-2)34(40-32)22-38-30-18-12-11-17-29(30)37(42-38)21-33(25)39-31/h9-12,15-22,39-40H,5-8,13-14H2,1-4H3. The molecule has 0 unspecified atom stereocenters. The van der Waals surface area contributed by atoms with Gasteiger partial charge in [0, 0.05) is 44.3 Å². The fraction of sp³-hybridized carbons (Fsp3) is 0.263. The summed E-state index contributed by atoms with van der Waals surface area (Å²) in [4.78, 5) is 18.1. The van der Waals surface area contributed by atoms with Crippen molar-refractivity contribution in [1.29, 1.82) is 0 Å². The molecular weight excluding hydrogens is 512 g/mol. The number of rotatable bonds is 6. The number of fused-ring (bicyclic) bond motifs is 14. The van der Waals surface area contributed by atoms with E-state index in [2.05, 4.69) is 110 Å². The largest absolute Gasteiger partial charge is 0.355 e. The van der Waals surface area contributed by atoms with Crippen LogP contribution in [0.5, 0.6) is 0 Å². The highest BCUT2D eigenvalue weighted by atomic mass is 14.8. The van der Waals surface area contributed by atoms with Gasteiger partial charge in [0.15, 0.2) is 0 Å². The topological polar surface area (TPSA) is 57.4 Å². The van der Waals surface area contributed by atoms with Crippen LogP contribution in [0.4, 0.5) is 0 Å². The molecule has 2 aliphatic rings. The van der Waals surface area contributed by atoms with Gasteiger partial charge in [-0.25, -0.2) is 9.97 Å². The Morgan fingerprint density at radius 1 is 0.500 bits per heavy atom. The van der Waals surface area contributed by atoms with Gasteiger partial charge >= 0.3 is 0 Å². The molecule has 0 aliphatic carbocycles. The molecule has 4 heteroatoms. The third-order valence-corrected chi connectivity index (χ3v) is 9.03. The Morgan fingerprint density at radius 2 is 0.833 bits per heavy atom. The lowest BCUT2D eigenvalue weighted by molar-refractivity contribution is 0.797. The number of aryl methyl sites for hydroxylation is 4. The van der Waals surface area contributed by atoms with Crippen molar-refractivity contribution in [2.45, 2.75) is 66.2 Å². The highest BCUT2D eigenvalue weighted by Gasteiger charge is 2.20. The predicted octanol–water partition coefficient (Wildman–Crippen LogP) is 10.3. The zero-order chi connectivity index (χ0) is 28.8. The van der Waals surface area contributed by atoms with E-state index in [1.54, 1.807) is 0 Å². The Bertz CT molecular complexity index is 1850. The van der Waals surface area contributed by atoms with Gasteiger partial charge < -0.3 is 9.97 Å². The van der Waals surface area contributed by atoms with Crippen LogP contribution in [-0.2, 0) is 12.8 Å². The first-order chi connectivity index (χ1) is 20.6. The van der Waals surface area contributed by atoms with Crippen LogP contribution in [0, 0.1) is 13.8 Å². The predicted molar refractivity (Wildman–Crippen MR) is 177 cm³/mol. The monoisotopic (exact) mass is 550 g/mol.